The van der Waals surface area contributed by atoms with Crippen LogP contribution < -0.4 is 0 Å². The molecule has 1 aromatic heterocycles. The van der Waals surface area contributed by atoms with Crippen LogP contribution in [0.4, 0.5) is 0 Å². The first-order valence-corrected chi connectivity index (χ1v) is 3.71. The van der Waals surface area contributed by atoms with Gasteiger partial charge in [0.2, 0.25) is 0 Å². The van der Waals surface area contributed by atoms with E-state index in [-0.39, 0.29) is 17.2 Å². The minimum atomic E-state index is -1.18. The van der Waals surface area contributed by atoms with Gasteiger partial charge in [-0.05, 0) is 5.92 Å². The second-order valence-electron chi connectivity index (χ2n) is 2.84. The first kappa shape index (κ1) is 9.26. The number of carbonyl (C=O) groups is 1. The fourth-order valence-electron chi connectivity index (χ4n) is 0.980. The third-order valence-electron chi connectivity index (χ3n) is 1.58. The molecule has 68 valence electrons. The molecule has 5 heteroatoms. The molecule has 5 nitrogen and oxygen atoms in total. The largest absolute Gasteiger partial charge is 0.477 e. The summed E-state index contributed by atoms with van der Waals surface area (Å²) in [6.45, 7) is 3.57. The summed E-state index contributed by atoms with van der Waals surface area (Å²) in [6, 6.07) is 1.64. The molecular weight excluding hydrogens is 172 g/mol. The Morgan fingerprint density at radius 1 is 1.69 bits per heavy atom. The number of hydrogen-bond donors (Lipinski definition) is 1. The Kier molecular flexibility index (Phi) is 2.33. The molecule has 1 rings (SSSR count). The zero-order valence-corrected chi connectivity index (χ0v) is 7.24. The first-order chi connectivity index (χ1) is 6.07. The maximum Gasteiger partial charge on any atom is 0.342 e. The molecule has 0 radical (unpaired) electrons. The molecule has 0 bridgehead atoms. The van der Waals surface area contributed by atoms with Gasteiger partial charge in [-0.2, -0.15) is 5.26 Å². The van der Waals surface area contributed by atoms with Gasteiger partial charge in [-0.3, -0.25) is 0 Å². The molecule has 0 saturated carbocycles. The summed E-state index contributed by atoms with van der Waals surface area (Å²) < 4.78 is 4.58. The van der Waals surface area contributed by atoms with E-state index in [2.05, 4.69) is 9.68 Å². The second kappa shape index (κ2) is 3.27. The smallest absolute Gasteiger partial charge is 0.342 e. The Balaban J connectivity index is 3.32. The standard InChI is InChI=1S/C8H8N2O3/c1-4(2)7-6(8(11)12)5(3-9)13-10-7/h4H,1-2H3,(H,11,12). The molecule has 13 heavy (non-hydrogen) atoms. The molecule has 0 unspecified atom stereocenters. The highest BCUT2D eigenvalue weighted by Gasteiger charge is 2.23. The van der Waals surface area contributed by atoms with E-state index in [1.807, 2.05) is 0 Å². The average Bonchev–Trinajstić information content (AvgIpc) is 2.46. The Bertz CT molecular complexity index is 373. The van der Waals surface area contributed by atoms with Gasteiger partial charge in [-0.25, -0.2) is 4.79 Å². The van der Waals surface area contributed by atoms with E-state index in [0.29, 0.717) is 5.69 Å². The van der Waals surface area contributed by atoms with Crippen LogP contribution >= 0.6 is 0 Å². The molecule has 0 aromatic carbocycles. The monoisotopic (exact) mass is 180 g/mol. The quantitative estimate of drug-likeness (QED) is 0.742. The summed E-state index contributed by atoms with van der Waals surface area (Å²) in [5, 5.41) is 20.8. The highest BCUT2D eigenvalue weighted by molar-refractivity contribution is 5.91. The van der Waals surface area contributed by atoms with Gasteiger partial charge in [-0.1, -0.05) is 19.0 Å². The highest BCUT2D eigenvalue weighted by Crippen LogP contribution is 2.20. The summed E-state index contributed by atoms with van der Waals surface area (Å²) in [7, 11) is 0. The third kappa shape index (κ3) is 1.51. The van der Waals surface area contributed by atoms with E-state index in [1.54, 1.807) is 19.9 Å². The normalized spacial score (nSPS) is 10.0. The van der Waals surface area contributed by atoms with Gasteiger partial charge >= 0.3 is 5.97 Å². The summed E-state index contributed by atoms with van der Waals surface area (Å²) in [4.78, 5) is 10.7. The van der Waals surface area contributed by atoms with Gasteiger partial charge in [0.25, 0.3) is 5.76 Å². The van der Waals surface area contributed by atoms with Gasteiger partial charge in [-0.15, -0.1) is 0 Å². The van der Waals surface area contributed by atoms with Crippen LogP contribution in [0, 0.1) is 11.3 Å². The predicted octanol–water partition coefficient (Wildman–Crippen LogP) is 1.37. The second-order valence-corrected chi connectivity index (χ2v) is 2.84. The van der Waals surface area contributed by atoms with Gasteiger partial charge < -0.3 is 9.63 Å². The van der Waals surface area contributed by atoms with Crippen LogP contribution in [-0.2, 0) is 0 Å². The van der Waals surface area contributed by atoms with Crippen molar-refractivity contribution in [2.75, 3.05) is 0 Å². The molecule has 1 aromatic rings. The van der Waals surface area contributed by atoms with Crippen LogP contribution in [0.15, 0.2) is 4.52 Å². The van der Waals surface area contributed by atoms with Crippen molar-refractivity contribution in [3.8, 4) is 6.07 Å². The topological polar surface area (TPSA) is 87.1 Å². The van der Waals surface area contributed by atoms with Crippen LogP contribution in [0.1, 0.15) is 41.6 Å². The molecule has 0 saturated heterocycles. The lowest BCUT2D eigenvalue weighted by molar-refractivity contribution is 0.0694. The van der Waals surface area contributed by atoms with Gasteiger partial charge in [0, 0.05) is 0 Å². The van der Waals surface area contributed by atoms with Gasteiger partial charge in [0.1, 0.15) is 17.3 Å². The lowest BCUT2D eigenvalue weighted by Gasteiger charge is -1.98. The summed E-state index contributed by atoms with van der Waals surface area (Å²) in [6.07, 6.45) is 0. The van der Waals surface area contributed by atoms with E-state index in [1.165, 1.54) is 0 Å². The molecular formula is C8H8N2O3. The maximum atomic E-state index is 10.7. The summed E-state index contributed by atoms with van der Waals surface area (Å²) in [5.74, 6) is -1.49. The molecule has 0 fully saturated rings. The lowest BCUT2D eigenvalue weighted by atomic mass is 10.0. The molecule has 0 atom stereocenters. The van der Waals surface area contributed by atoms with Gasteiger partial charge in [0.05, 0.1) is 0 Å². The number of nitriles is 1. The number of hydrogen-bond acceptors (Lipinski definition) is 4. The highest BCUT2D eigenvalue weighted by atomic mass is 16.5. The lowest BCUT2D eigenvalue weighted by Crippen LogP contribution is -2.03. The van der Waals surface area contributed by atoms with Gasteiger partial charge in [0.15, 0.2) is 0 Å². The van der Waals surface area contributed by atoms with Crippen molar-refractivity contribution < 1.29 is 14.4 Å². The van der Waals surface area contributed by atoms with Crippen molar-refractivity contribution >= 4 is 5.97 Å². The van der Waals surface area contributed by atoms with E-state index in [4.69, 9.17) is 10.4 Å². The zero-order chi connectivity index (χ0) is 10.0. The number of rotatable bonds is 2. The number of aromatic carboxylic acids is 1. The maximum absolute atomic E-state index is 10.7. The Morgan fingerprint density at radius 3 is 2.69 bits per heavy atom. The fraction of sp³-hybridized carbons (Fsp3) is 0.375. The van der Waals surface area contributed by atoms with Crippen molar-refractivity contribution in [1.82, 2.24) is 5.16 Å². The summed E-state index contributed by atoms with van der Waals surface area (Å²) in [5.41, 5.74) is 0.182. The minimum absolute atomic E-state index is 0.0723. The molecule has 0 aliphatic rings. The third-order valence-corrected chi connectivity index (χ3v) is 1.58. The molecule has 0 aliphatic carbocycles. The average molecular weight is 180 g/mol. The molecule has 0 aliphatic heterocycles. The molecule has 1 heterocycles. The van der Waals surface area contributed by atoms with Crippen LogP contribution in [0.3, 0.4) is 0 Å². The van der Waals surface area contributed by atoms with Crippen molar-refractivity contribution in [2.45, 2.75) is 19.8 Å². The van der Waals surface area contributed by atoms with E-state index in [0.717, 1.165) is 0 Å². The minimum Gasteiger partial charge on any atom is -0.477 e. The van der Waals surface area contributed by atoms with Crippen molar-refractivity contribution in [3.63, 3.8) is 0 Å². The van der Waals surface area contributed by atoms with Crippen molar-refractivity contribution in [2.24, 2.45) is 0 Å². The van der Waals surface area contributed by atoms with Crippen LogP contribution in [-0.4, -0.2) is 16.2 Å². The Hall–Kier alpha value is -1.83. The van der Waals surface area contributed by atoms with E-state index >= 15 is 0 Å². The van der Waals surface area contributed by atoms with Crippen LogP contribution in [0.5, 0.6) is 0 Å². The van der Waals surface area contributed by atoms with Crippen LogP contribution in [0.2, 0.25) is 0 Å². The molecule has 0 spiro atoms. The number of carboxylic acid groups (broad SMARTS) is 1. The predicted molar refractivity (Wildman–Crippen MR) is 42.3 cm³/mol. The van der Waals surface area contributed by atoms with E-state index < -0.39 is 5.97 Å². The Morgan fingerprint density at radius 2 is 2.31 bits per heavy atom. The van der Waals surface area contributed by atoms with E-state index in [9.17, 15) is 4.79 Å². The first-order valence-electron chi connectivity index (χ1n) is 3.71. The summed E-state index contributed by atoms with van der Waals surface area (Å²) >= 11 is 0. The fourth-order valence-corrected chi connectivity index (χ4v) is 0.980. The Labute approximate surface area is 74.6 Å². The number of aromatic nitrogens is 1. The van der Waals surface area contributed by atoms with Crippen molar-refractivity contribution in [1.29, 1.82) is 5.26 Å². The molecule has 1 N–H and O–H groups in total. The SMILES string of the molecule is CC(C)c1noc(C#N)c1C(=O)O. The van der Waals surface area contributed by atoms with Crippen molar-refractivity contribution in [3.05, 3.63) is 17.0 Å². The number of nitrogens with zero attached hydrogens (tertiary/aromatic N) is 2. The van der Waals surface area contributed by atoms with Crippen LogP contribution in [0.25, 0.3) is 0 Å². The molecule has 0 amide bonds. The number of carboxylic acids is 1. The zero-order valence-electron chi connectivity index (χ0n) is 7.24.